The molecule has 4 rings (SSSR count). The Morgan fingerprint density at radius 3 is 2.57 bits per heavy atom. The summed E-state index contributed by atoms with van der Waals surface area (Å²) < 4.78 is 0. The Balaban J connectivity index is 1.82. The Hall–Kier alpha value is -1.27. The lowest BCUT2D eigenvalue weighted by atomic mass is 10.2. The van der Waals surface area contributed by atoms with E-state index in [-0.39, 0.29) is 0 Å². The molecule has 0 bridgehead atoms. The van der Waals surface area contributed by atoms with Crippen LogP contribution < -0.4 is 5.32 Å². The van der Waals surface area contributed by atoms with Crippen LogP contribution in [0.3, 0.4) is 0 Å². The summed E-state index contributed by atoms with van der Waals surface area (Å²) in [5.74, 6) is 1.01. The predicted octanol–water partition coefficient (Wildman–Crippen LogP) is 4.44. The van der Waals surface area contributed by atoms with Crippen molar-refractivity contribution in [1.29, 1.82) is 0 Å². The zero-order chi connectivity index (χ0) is 16.0. The number of rotatable bonds is 0. The van der Waals surface area contributed by atoms with Gasteiger partial charge in [0.25, 0.3) is 0 Å². The van der Waals surface area contributed by atoms with E-state index in [0.29, 0.717) is 10.0 Å². The molecule has 0 spiro atoms. The van der Waals surface area contributed by atoms with E-state index in [1.807, 2.05) is 12.1 Å². The second-order valence-corrected chi connectivity index (χ2v) is 7.39. The van der Waals surface area contributed by atoms with E-state index in [4.69, 9.17) is 28.2 Å². The van der Waals surface area contributed by atoms with Crippen LogP contribution >= 0.6 is 34.5 Å². The summed E-state index contributed by atoms with van der Waals surface area (Å²) >= 11 is 14.0. The van der Waals surface area contributed by atoms with E-state index in [1.165, 1.54) is 0 Å². The molecule has 3 heterocycles. The molecule has 0 unspecified atom stereocenters. The second kappa shape index (κ2) is 5.98. The fourth-order valence-electron chi connectivity index (χ4n) is 2.87. The molecule has 1 aromatic heterocycles. The molecule has 2 aromatic rings. The van der Waals surface area contributed by atoms with Gasteiger partial charge in [0.1, 0.15) is 5.84 Å². The first-order valence-electron chi connectivity index (χ1n) is 7.46. The number of hydrogen-bond donors (Lipinski definition) is 1. The van der Waals surface area contributed by atoms with Gasteiger partial charge in [0, 0.05) is 36.9 Å². The minimum absolute atomic E-state index is 0.526. The van der Waals surface area contributed by atoms with Crippen molar-refractivity contribution < 1.29 is 0 Å². The molecular weight excluding hydrogens is 351 g/mol. The molecule has 4 nitrogen and oxygen atoms in total. The third-order valence-corrected chi connectivity index (χ3v) is 5.71. The van der Waals surface area contributed by atoms with Crippen molar-refractivity contribution in [3.63, 3.8) is 0 Å². The maximum Gasteiger partial charge on any atom is 0.139 e. The van der Waals surface area contributed by atoms with Crippen LogP contribution in [0.4, 0.5) is 17.1 Å². The maximum absolute atomic E-state index is 6.19. The summed E-state index contributed by atoms with van der Waals surface area (Å²) in [5.41, 5.74) is 3.94. The molecule has 2 aliphatic rings. The van der Waals surface area contributed by atoms with Gasteiger partial charge in [0.05, 0.1) is 32.7 Å². The van der Waals surface area contributed by atoms with Gasteiger partial charge in [-0.1, -0.05) is 23.2 Å². The van der Waals surface area contributed by atoms with E-state index < -0.39 is 0 Å². The largest absolute Gasteiger partial charge is 0.353 e. The van der Waals surface area contributed by atoms with Gasteiger partial charge in [-0.2, -0.15) is 0 Å². The number of hydrogen-bond acceptors (Lipinski definition) is 5. The number of aliphatic imine (C=N–C) groups is 1. The van der Waals surface area contributed by atoms with Crippen LogP contribution in [0.5, 0.6) is 0 Å². The number of nitrogens with zero attached hydrogens (tertiary/aromatic N) is 3. The second-order valence-electron chi connectivity index (χ2n) is 5.83. The fourth-order valence-corrected chi connectivity index (χ4v) is 3.95. The lowest BCUT2D eigenvalue weighted by Crippen LogP contribution is -2.47. The van der Waals surface area contributed by atoms with Crippen molar-refractivity contribution in [3.8, 4) is 0 Å². The Morgan fingerprint density at radius 1 is 1.04 bits per heavy atom. The van der Waals surface area contributed by atoms with Crippen LogP contribution in [0, 0.1) is 0 Å². The van der Waals surface area contributed by atoms with E-state index in [2.05, 4.69) is 32.9 Å². The van der Waals surface area contributed by atoms with Crippen molar-refractivity contribution >= 4 is 57.4 Å². The van der Waals surface area contributed by atoms with Crippen LogP contribution in [0.1, 0.15) is 5.56 Å². The molecule has 0 atom stereocenters. The van der Waals surface area contributed by atoms with Crippen LogP contribution in [0.15, 0.2) is 27.9 Å². The van der Waals surface area contributed by atoms with Crippen LogP contribution in [-0.4, -0.2) is 48.9 Å². The minimum Gasteiger partial charge on any atom is -0.353 e. The molecule has 0 radical (unpaired) electrons. The molecule has 2 aliphatic heterocycles. The van der Waals surface area contributed by atoms with Gasteiger partial charge in [-0.05, 0) is 19.2 Å². The molecule has 0 aliphatic carbocycles. The van der Waals surface area contributed by atoms with Gasteiger partial charge in [-0.3, -0.25) is 0 Å². The highest BCUT2D eigenvalue weighted by molar-refractivity contribution is 7.08. The highest BCUT2D eigenvalue weighted by Crippen LogP contribution is 2.40. The third kappa shape index (κ3) is 2.83. The van der Waals surface area contributed by atoms with Gasteiger partial charge >= 0.3 is 0 Å². The number of piperazine rings is 1. The van der Waals surface area contributed by atoms with Crippen LogP contribution in [0.25, 0.3) is 0 Å². The summed E-state index contributed by atoms with van der Waals surface area (Å²) in [5, 5.41) is 8.76. The minimum atomic E-state index is 0.526. The molecule has 7 heteroatoms. The average Bonchev–Trinajstić information content (AvgIpc) is 2.93. The summed E-state index contributed by atoms with van der Waals surface area (Å²) in [6.45, 7) is 4.03. The lowest BCUT2D eigenvalue weighted by molar-refractivity contribution is 0.216. The van der Waals surface area contributed by atoms with E-state index in [1.54, 1.807) is 11.3 Å². The molecule has 1 aromatic carbocycles. The van der Waals surface area contributed by atoms with Crippen molar-refractivity contribution in [3.05, 3.63) is 38.5 Å². The molecular formula is C16H16Cl2N4S. The van der Waals surface area contributed by atoms with Gasteiger partial charge in [0.15, 0.2) is 0 Å². The van der Waals surface area contributed by atoms with Crippen molar-refractivity contribution in [2.45, 2.75) is 0 Å². The SMILES string of the molecule is CN1CCN(C2=Nc3cc(Cl)c(Cl)cc3Nc3cscc32)CC1. The Bertz CT molecular complexity index is 778. The standard InChI is InChI=1S/C16H16Cl2N4S/c1-21-2-4-22(5-3-21)16-10-8-23-9-15(10)19-13-6-11(17)12(18)7-14(13)20-16/h6-9,19H,2-5H2,1H3. The molecule has 1 N–H and O–H groups in total. The fraction of sp³-hybridized carbons (Fsp3) is 0.312. The first-order chi connectivity index (χ1) is 11.1. The Kier molecular flexibility index (Phi) is 3.97. The van der Waals surface area contributed by atoms with Crippen molar-refractivity contribution in [1.82, 2.24) is 9.80 Å². The van der Waals surface area contributed by atoms with Crippen molar-refractivity contribution in [2.75, 3.05) is 38.5 Å². The topological polar surface area (TPSA) is 30.9 Å². The third-order valence-electron chi connectivity index (χ3n) is 4.24. The first-order valence-corrected chi connectivity index (χ1v) is 9.16. The lowest BCUT2D eigenvalue weighted by Gasteiger charge is -2.34. The highest BCUT2D eigenvalue weighted by atomic mass is 35.5. The monoisotopic (exact) mass is 366 g/mol. The quantitative estimate of drug-likeness (QED) is 0.747. The maximum atomic E-state index is 6.19. The summed E-state index contributed by atoms with van der Waals surface area (Å²) in [6.07, 6.45) is 0. The number of thiophene rings is 1. The molecule has 0 amide bonds. The van der Waals surface area contributed by atoms with Gasteiger partial charge < -0.3 is 15.1 Å². The summed E-state index contributed by atoms with van der Waals surface area (Å²) in [4.78, 5) is 9.62. The van der Waals surface area contributed by atoms with E-state index in [9.17, 15) is 0 Å². The number of likely N-dealkylation sites (N-methyl/N-ethyl adjacent to an activating group) is 1. The Labute approximate surface area is 149 Å². The van der Waals surface area contributed by atoms with E-state index >= 15 is 0 Å². The number of benzene rings is 1. The zero-order valence-electron chi connectivity index (χ0n) is 12.6. The predicted molar refractivity (Wildman–Crippen MR) is 99.3 cm³/mol. The average molecular weight is 367 g/mol. The van der Waals surface area contributed by atoms with Crippen molar-refractivity contribution in [2.24, 2.45) is 4.99 Å². The summed E-state index contributed by atoms with van der Waals surface area (Å²) in [6, 6.07) is 3.68. The molecule has 120 valence electrons. The number of anilines is 2. The highest BCUT2D eigenvalue weighted by Gasteiger charge is 2.25. The Morgan fingerprint density at radius 2 is 1.78 bits per heavy atom. The summed E-state index contributed by atoms with van der Waals surface area (Å²) in [7, 11) is 2.15. The molecule has 1 fully saturated rings. The molecule has 1 saturated heterocycles. The smallest absolute Gasteiger partial charge is 0.139 e. The van der Waals surface area contributed by atoms with Crippen LogP contribution in [-0.2, 0) is 0 Å². The normalized spacial score (nSPS) is 17.9. The number of amidine groups is 1. The van der Waals surface area contributed by atoms with E-state index in [0.717, 1.165) is 54.6 Å². The molecule has 23 heavy (non-hydrogen) atoms. The van der Waals surface area contributed by atoms with Gasteiger partial charge in [-0.15, -0.1) is 11.3 Å². The van der Waals surface area contributed by atoms with Gasteiger partial charge in [0.2, 0.25) is 0 Å². The molecule has 0 saturated carbocycles. The number of fused-ring (bicyclic) bond motifs is 2. The first kappa shape index (κ1) is 15.3. The number of nitrogens with one attached hydrogen (secondary N) is 1. The zero-order valence-corrected chi connectivity index (χ0v) is 15.0. The number of halogens is 2. The van der Waals surface area contributed by atoms with Crippen LogP contribution in [0.2, 0.25) is 10.0 Å². The van der Waals surface area contributed by atoms with Gasteiger partial charge in [-0.25, -0.2) is 4.99 Å².